The first kappa shape index (κ1) is 8.08. The zero-order chi connectivity index (χ0) is 8.10. The first-order chi connectivity index (χ1) is 5.36. The lowest BCUT2D eigenvalue weighted by atomic mass is 10.2. The molecule has 0 amide bonds. The molecule has 0 aromatic rings. The van der Waals surface area contributed by atoms with Crippen LogP contribution in [0.1, 0.15) is 0 Å². The number of aliphatic hydroxyl groups excluding tert-OH is 1. The summed E-state index contributed by atoms with van der Waals surface area (Å²) in [5.41, 5.74) is 1.15. The van der Waals surface area contributed by atoms with Crippen molar-refractivity contribution in [3.8, 4) is 0 Å². The third kappa shape index (κ3) is 2.24. The van der Waals surface area contributed by atoms with E-state index in [0.29, 0.717) is 6.54 Å². The Morgan fingerprint density at radius 1 is 1.73 bits per heavy atom. The van der Waals surface area contributed by atoms with Crippen molar-refractivity contribution in [1.29, 1.82) is 0 Å². The minimum absolute atomic E-state index is 0.210. The molecule has 0 unspecified atom stereocenters. The van der Waals surface area contributed by atoms with Gasteiger partial charge in [0.2, 0.25) is 0 Å². The summed E-state index contributed by atoms with van der Waals surface area (Å²) < 4.78 is 0. The van der Waals surface area contributed by atoms with Crippen LogP contribution in [-0.4, -0.2) is 29.7 Å². The Bertz CT molecular complexity index is 194. The molecule has 0 aromatic carbocycles. The Kier molecular flexibility index (Phi) is 2.93. The molecule has 1 heterocycles. The second kappa shape index (κ2) is 3.98. The minimum Gasteiger partial charge on any atom is -0.395 e. The molecule has 1 rings (SSSR count). The van der Waals surface area contributed by atoms with Crippen molar-refractivity contribution in [1.82, 2.24) is 4.90 Å². The third-order valence-corrected chi connectivity index (χ3v) is 1.66. The molecule has 60 valence electrons. The molecule has 1 aliphatic heterocycles. The molecular formula is C9H13NO. The lowest BCUT2D eigenvalue weighted by Crippen LogP contribution is -2.22. The molecule has 0 spiro atoms. The molecule has 0 saturated carbocycles. The summed E-state index contributed by atoms with van der Waals surface area (Å²) in [6.07, 6.45) is 7.88. The Hall–Kier alpha value is -1.02. The first-order valence-electron chi connectivity index (χ1n) is 3.72. The van der Waals surface area contributed by atoms with Crippen molar-refractivity contribution < 1.29 is 5.11 Å². The molecular weight excluding hydrogens is 138 g/mol. The molecule has 0 saturated heterocycles. The van der Waals surface area contributed by atoms with E-state index in [-0.39, 0.29) is 6.61 Å². The quantitative estimate of drug-likeness (QED) is 0.648. The Morgan fingerprint density at radius 3 is 3.00 bits per heavy atom. The van der Waals surface area contributed by atoms with Gasteiger partial charge in [-0.2, -0.15) is 0 Å². The highest BCUT2D eigenvalue weighted by atomic mass is 16.3. The number of aliphatic hydroxyl groups is 1. The molecule has 0 aliphatic carbocycles. The fourth-order valence-corrected chi connectivity index (χ4v) is 0.989. The van der Waals surface area contributed by atoms with E-state index in [4.69, 9.17) is 5.11 Å². The average Bonchev–Trinajstić information content (AvgIpc) is 2.07. The van der Waals surface area contributed by atoms with Gasteiger partial charge in [-0.05, 0) is 11.6 Å². The fourth-order valence-electron chi connectivity index (χ4n) is 0.989. The second-order valence-electron chi connectivity index (χ2n) is 2.44. The topological polar surface area (TPSA) is 23.5 Å². The average molecular weight is 151 g/mol. The highest BCUT2D eigenvalue weighted by molar-refractivity contribution is 5.31. The van der Waals surface area contributed by atoms with E-state index < -0.39 is 0 Å². The molecule has 1 aliphatic rings. The molecule has 2 heteroatoms. The van der Waals surface area contributed by atoms with Crippen LogP contribution in [0.25, 0.3) is 0 Å². The number of allylic oxidation sites excluding steroid dienone is 3. The normalized spacial score (nSPS) is 16.5. The number of β-amino-alcohol motifs (C(OH)–C–C–N with tert-alkyl or cyclic N) is 1. The maximum absolute atomic E-state index is 8.63. The predicted molar refractivity (Wildman–Crippen MR) is 46.1 cm³/mol. The minimum atomic E-state index is 0.210. The van der Waals surface area contributed by atoms with E-state index in [1.54, 1.807) is 0 Å². The van der Waals surface area contributed by atoms with Crippen molar-refractivity contribution in [3.05, 3.63) is 36.6 Å². The van der Waals surface area contributed by atoms with Crippen molar-refractivity contribution >= 4 is 0 Å². The van der Waals surface area contributed by atoms with Crippen LogP contribution in [0.3, 0.4) is 0 Å². The van der Waals surface area contributed by atoms with Crippen molar-refractivity contribution in [3.63, 3.8) is 0 Å². The van der Waals surface area contributed by atoms with E-state index in [2.05, 4.69) is 12.7 Å². The van der Waals surface area contributed by atoms with Crippen LogP contribution in [0.2, 0.25) is 0 Å². The van der Waals surface area contributed by atoms with Gasteiger partial charge < -0.3 is 10.0 Å². The molecule has 0 atom stereocenters. The fraction of sp³-hybridized carbons (Fsp3) is 0.333. The number of rotatable bonds is 3. The maximum Gasteiger partial charge on any atom is 0.0606 e. The summed E-state index contributed by atoms with van der Waals surface area (Å²) in [5.74, 6) is 0. The van der Waals surface area contributed by atoms with Crippen LogP contribution in [0.5, 0.6) is 0 Å². The van der Waals surface area contributed by atoms with Gasteiger partial charge in [0.15, 0.2) is 0 Å². The Labute approximate surface area is 67.1 Å². The van der Waals surface area contributed by atoms with E-state index in [1.807, 2.05) is 23.3 Å². The van der Waals surface area contributed by atoms with Crippen molar-refractivity contribution in [2.75, 3.05) is 19.7 Å². The van der Waals surface area contributed by atoms with Gasteiger partial charge in [-0.15, -0.1) is 0 Å². The molecule has 0 bridgehead atoms. The van der Waals surface area contributed by atoms with Gasteiger partial charge in [0, 0.05) is 19.3 Å². The zero-order valence-electron chi connectivity index (χ0n) is 6.53. The molecule has 0 fully saturated rings. The van der Waals surface area contributed by atoms with E-state index in [1.165, 1.54) is 0 Å². The van der Waals surface area contributed by atoms with Gasteiger partial charge in [-0.3, -0.25) is 0 Å². The van der Waals surface area contributed by atoms with Gasteiger partial charge in [0.1, 0.15) is 0 Å². The SMILES string of the molecule is C=CC1=CCN(CCO)C=C1. The summed E-state index contributed by atoms with van der Waals surface area (Å²) in [6.45, 7) is 5.46. The monoisotopic (exact) mass is 151 g/mol. The lowest BCUT2D eigenvalue weighted by Gasteiger charge is -2.20. The summed E-state index contributed by atoms with van der Waals surface area (Å²) >= 11 is 0. The van der Waals surface area contributed by atoms with Crippen LogP contribution in [0.15, 0.2) is 36.6 Å². The Morgan fingerprint density at radius 2 is 2.55 bits per heavy atom. The zero-order valence-corrected chi connectivity index (χ0v) is 6.53. The highest BCUT2D eigenvalue weighted by Gasteiger charge is 2.00. The van der Waals surface area contributed by atoms with Gasteiger partial charge >= 0.3 is 0 Å². The molecule has 0 aromatic heterocycles. The molecule has 1 N–H and O–H groups in total. The maximum atomic E-state index is 8.63. The lowest BCUT2D eigenvalue weighted by molar-refractivity contribution is 0.244. The van der Waals surface area contributed by atoms with Gasteiger partial charge in [-0.25, -0.2) is 0 Å². The van der Waals surface area contributed by atoms with Crippen molar-refractivity contribution in [2.45, 2.75) is 0 Å². The number of hydrogen-bond donors (Lipinski definition) is 1. The van der Waals surface area contributed by atoms with Crippen LogP contribution >= 0.6 is 0 Å². The van der Waals surface area contributed by atoms with Crippen LogP contribution < -0.4 is 0 Å². The van der Waals surface area contributed by atoms with Gasteiger partial charge in [-0.1, -0.05) is 18.7 Å². The van der Waals surface area contributed by atoms with E-state index >= 15 is 0 Å². The van der Waals surface area contributed by atoms with E-state index in [0.717, 1.165) is 12.1 Å². The number of hydrogen-bond acceptors (Lipinski definition) is 2. The number of nitrogens with zero attached hydrogens (tertiary/aromatic N) is 1. The second-order valence-corrected chi connectivity index (χ2v) is 2.44. The molecule has 2 nitrogen and oxygen atoms in total. The van der Waals surface area contributed by atoms with Crippen LogP contribution in [0, 0.1) is 0 Å². The summed E-state index contributed by atoms with van der Waals surface area (Å²) in [7, 11) is 0. The largest absolute Gasteiger partial charge is 0.395 e. The Balaban J connectivity index is 2.43. The highest BCUT2D eigenvalue weighted by Crippen LogP contribution is 2.06. The summed E-state index contributed by atoms with van der Waals surface area (Å²) in [5, 5.41) is 8.63. The first-order valence-corrected chi connectivity index (χ1v) is 3.72. The molecule has 11 heavy (non-hydrogen) atoms. The van der Waals surface area contributed by atoms with Crippen LogP contribution in [0.4, 0.5) is 0 Å². The smallest absolute Gasteiger partial charge is 0.0606 e. The standard InChI is InChI=1S/C9H13NO/c1-2-9-3-5-10(6-4-9)7-8-11/h2-5,11H,1,6-8H2. The summed E-state index contributed by atoms with van der Waals surface area (Å²) in [4.78, 5) is 2.05. The van der Waals surface area contributed by atoms with E-state index in [9.17, 15) is 0 Å². The predicted octanol–water partition coefficient (Wildman–Crippen LogP) is 0.920. The van der Waals surface area contributed by atoms with Gasteiger partial charge in [0.25, 0.3) is 0 Å². The van der Waals surface area contributed by atoms with Crippen molar-refractivity contribution in [2.24, 2.45) is 0 Å². The molecule has 0 radical (unpaired) electrons. The summed E-state index contributed by atoms with van der Waals surface area (Å²) in [6, 6.07) is 0. The van der Waals surface area contributed by atoms with Crippen LogP contribution in [-0.2, 0) is 0 Å². The van der Waals surface area contributed by atoms with Gasteiger partial charge in [0.05, 0.1) is 6.61 Å². The third-order valence-electron chi connectivity index (χ3n) is 1.66.